The van der Waals surface area contributed by atoms with Gasteiger partial charge in [0.15, 0.2) is 0 Å². The van der Waals surface area contributed by atoms with Gasteiger partial charge in [-0.3, -0.25) is 4.79 Å². The molecule has 1 aromatic carbocycles. The predicted octanol–water partition coefficient (Wildman–Crippen LogP) is 2.57. The van der Waals surface area contributed by atoms with E-state index < -0.39 is 0 Å². The molecule has 2 nitrogen and oxygen atoms in total. The number of hydrogen-bond acceptors (Lipinski definition) is 1. The maximum atomic E-state index is 11.8. The van der Waals surface area contributed by atoms with Crippen LogP contribution in [-0.2, 0) is 4.79 Å². The molecule has 1 aromatic rings. The number of terminal acetylenes is 1. The lowest BCUT2D eigenvalue weighted by molar-refractivity contribution is -0.119. The minimum absolute atomic E-state index is 0.0687. The summed E-state index contributed by atoms with van der Waals surface area (Å²) < 4.78 is 0. The molecule has 0 radical (unpaired) electrons. The molecule has 0 atom stereocenters. The average Bonchev–Trinajstić information content (AvgIpc) is 2.83. The molecule has 0 aliphatic heterocycles. The summed E-state index contributed by atoms with van der Waals surface area (Å²) in [5, 5.41) is 2.88. The molecule has 0 spiro atoms. The van der Waals surface area contributed by atoms with Gasteiger partial charge in [-0.1, -0.05) is 24.1 Å². The van der Waals surface area contributed by atoms with Crippen LogP contribution >= 0.6 is 0 Å². The molecule has 80 valence electrons. The van der Waals surface area contributed by atoms with Crippen LogP contribution in [0.4, 0.5) is 5.69 Å². The number of allylic oxidation sites excluding steroid dienone is 2. The fourth-order valence-electron chi connectivity index (χ4n) is 1.76. The van der Waals surface area contributed by atoms with Crippen LogP contribution in [0, 0.1) is 18.3 Å². The predicted molar refractivity (Wildman–Crippen MR) is 64.9 cm³/mol. The first kappa shape index (κ1) is 10.5. The normalized spacial score (nSPS) is 14.7. The number of carbonyl (C=O) groups excluding carboxylic acids is 1. The van der Waals surface area contributed by atoms with Gasteiger partial charge >= 0.3 is 0 Å². The van der Waals surface area contributed by atoms with Crippen LogP contribution in [0.2, 0.25) is 0 Å². The molecule has 16 heavy (non-hydrogen) atoms. The number of amides is 1. The standard InChI is InChI=1S/C14H13NO/c1-2-11-6-5-9-13(10-11)15-14(16)12-7-3-4-8-12/h1,3-6,9-10,12H,7-8H2,(H,15,16). The third kappa shape index (κ3) is 2.32. The molecule has 0 aromatic heterocycles. The molecule has 1 aliphatic rings. The molecule has 0 saturated heterocycles. The second-order valence-corrected chi connectivity index (χ2v) is 3.85. The molecule has 0 saturated carbocycles. The lowest BCUT2D eigenvalue weighted by Gasteiger charge is -2.10. The van der Waals surface area contributed by atoms with Gasteiger partial charge in [0.25, 0.3) is 0 Å². The van der Waals surface area contributed by atoms with Crippen molar-refractivity contribution in [3.63, 3.8) is 0 Å². The first-order valence-corrected chi connectivity index (χ1v) is 5.32. The Morgan fingerprint density at radius 1 is 1.38 bits per heavy atom. The Hall–Kier alpha value is -2.01. The Morgan fingerprint density at radius 3 is 2.81 bits per heavy atom. The summed E-state index contributed by atoms with van der Waals surface area (Å²) in [4.78, 5) is 11.8. The summed E-state index contributed by atoms with van der Waals surface area (Å²) in [5.74, 6) is 2.69. The molecule has 0 heterocycles. The van der Waals surface area contributed by atoms with E-state index in [0.29, 0.717) is 0 Å². The zero-order valence-electron chi connectivity index (χ0n) is 8.94. The van der Waals surface area contributed by atoms with Gasteiger partial charge in [0.2, 0.25) is 5.91 Å². The molecule has 2 rings (SSSR count). The van der Waals surface area contributed by atoms with Crippen LogP contribution in [0.15, 0.2) is 36.4 Å². The Balaban J connectivity index is 2.03. The van der Waals surface area contributed by atoms with Crippen LogP contribution < -0.4 is 5.32 Å². The van der Waals surface area contributed by atoms with E-state index in [9.17, 15) is 4.79 Å². The van der Waals surface area contributed by atoms with Crippen molar-refractivity contribution in [1.82, 2.24) is 0 Å². The van der Waals surface area contributed by atoms with E-state index in [2.05, 4.69) is 11.2 Å². The topological polar surface area (TPSA) is 29.1 Å². The minimum atomic E-state index is 0.0687. The summed E-state index contributed by atoms with van der Waals surface area (Å²) in [7, 11) is 0. The van der Waals surface area contributed by atoms with Crippen LogP contribution in [0.3, 0.4) is 0 Å². The number of nitrogens with one attached hydrogen (secondary N) is 1. The van der Waals surface area contributed by atoms with Crippen molar-refractivity contribution in [2.75, 3.05) is 5.32 Å². The van der Waals surface area contributed by atoms with E-state index in [1.54, 1.807) is 6.07 Å². The highest BCUT2D eigenvalue weighted by Crippen LogP contribution is 2.20. The van der Waals surface area contributed by atoms with Crippen molar-refractivity contribution in [3.8, 4) is 12.3 Å². The summed E-state index contributed by atoms with van der Waals surface area (Å²) in [6.45, 7) is 0. The first-order valence-electron chi connectivity index (χ1n) is 5.32. The first-order chi connectivity index (χ1) is 7.79. The van der Waals surface area contributed by atoms with E-state index in [1.165, 1.54) is 0 Å². The van der Waals surface area contributed by atoms with Gasteiger partial charge < -0.3 is 5.32 Å². The molecule has 1 N–H and O–H groups in total. The number of benzene rings is 1. The minimum Gasteiger partial charge on any atom is -0.326 e. The average molecular weight is 211 g/mol. The monoisotopic (exact) mass is 211 g/mol. The fourth-order valence-corrected chi connectivity index (χ4v) is 1.76. The van der Waals surface area contributed by atoms with Crippen molar-refractivity contribution < 1.29 is 4.79 Å². The van der Waals surface area contributed by atoms with Crippen LogP contribution in [0.1, 0.15) is 18.4 Å². The fraction of sp³-hybridized carbons (Fsp3) is 0.214. The van der Waals surface area contributed by atoms with E-state index >= 15 is 0 Å². The Kier molecular flexibility index (Phi) is 3.07. The Morgan fingerprint density at radius 2 is 2.12 bits per heavy atom. The molecule has 0 fully saturated rings. The molecule has 2 heteroatoms. The van der Waals surface area contributed by atoms with Crippen LogP contribution in [0.5, 0.6) is 0 Å². The van der Waals surface area contributed by atoms with Gasteiger partial charge in [-0.25, -0.2) is 0 Å². The summed E-state index contributed by atoms with van der Waals surface area (Å²) in [5.41, 5.74) is 1.55. The molecular weight excluding hydrogens is 198 g/mol. The summed E-state index contributed by atoms with van der Waals surface area (Å²) in [6.07, 6.45) is 11.1. The van der Waals surface area contributed by atoms with Crippen molar-refractivity contribution >= 4 is 11.6 Å². The van der Waals surface area contributed by atoms with Gasteiger partial charge in [-0.2, -0.15) is 0 Å². The lowest BCUT2D eigenvalue weighted by atomic mass is 10.1. The maximum absolute atomic E-state index is 11.8. The number of rotatable bonds is 2. The molecule has 0 unspecified atom stereocenters. The van der Waals surface area contributed by atoms with Crippen LogP contribution in [-0.4, -0.2) is 5.91 Å². The number of hydrogen-bond donors (Lipinski definition) is 1. The van der Waals surface area contributed by atoms with E-state index in [4.69, 9.17) is 6.42 Å². The quantitative estimate of drug-likeness (QED) is 0.591. The zero-order chi connectivity index (χ0) is 11.4. The lowest BCUT2D eigenvalue weighted by Crippen LogP contribution is -2.20. The third-order valence-corrected chi connectivity index (χ3v) is 2.68. The SMILES string of the molecule is C#Cc1cccc(NC(=O)C2CC=CC2)c1. The Labute approximate surface area is 95.4 Å². The highest BCUT2D eigenvalue weighted by atomic mass is 16.1. The van der Waals surface area contributed by atoms with Gasteiger partial charge in [0.1, 0.15) is 0 Å². The highest BCUT2D eigenvalue weighted by molar-refractivity contribution is 5.93. The molecular formula is C14H13NO. The van der Waals surface area contributed by atoms with Crippen molar-refractivity contribution in [2.24, 2.45) is 5.92 Å². The zero-order valence-corrected chi connectivity index (χ0v) is 8.94. The molecule has 0 bridgehead atoms. The number of anilines is 1. The number of carbonyl (C=O) groups is 1. The van der Waals surface area contributed by atoms with E-state index in [-0.39, 0.29) is 11.8 Å². The smallest absolute Gasteiger partial charge is 0.228 e. The van der Waals surface area contributed by atoms with Crippen LogP contribution in [0.25, 0.3) is 0 Å². The van der Waals surface area contributed by atoms with Gasteiger partial charge in [0.05, 0.1) is 0 Å². The second-order valence-electron chi connectivity index (χ2n) is 3.85. The van der Waals surface area contributed by atoms with Crippen molar-refractivity contribution in [3.05, 3.63) is 42.0 Å². The summed E-state index contributed by atoms with van der Waals surface area (Å²) in [6, 6.07) is 7.34. The highest BCUT2D eigenvalue weighted by Gasteiger charge is 2.18. The summed E-state index contributed by atoms with van der Waals surface area (Å²) >= 11 is 0. The van der Waals surface area contributed by atoms with Gasteiger partial charge in [-0.15, -0.1) is 6.42 Å². The third-order valence-electron chi connectivity index (χ3n) is 2.68. The van der Waals surface area contributed by atoms with E-state index in [0.717, 1.165) is 24.1 Å². The van der Waals surface area contributed by atoms with Crippen molar-refractivity contribution in [1.29, 1.82) is 0 Å². The van der Waals surface area contributed by atoms with E-state index in [1.807, 2.05) is 30.4 Å². The van der Waals surface area contributed by atoms with Crippen molar-refractivity contribution in [2.45, 2.75) is 12.8 Å². The second kappa shape index (κ2) is 4.67. The Bertz CT molecular complexity index is 460. The molecule has 1 aliphatic carbocycles. The van der Waals surface area contributed by atoms with Gasteiger partial charge in [-0.05, 0) is 31.0 Å². The maximum Gasteiger partial charge on any atom is 0.228 e. The largest absolute Gasteiger partial charge is 0.326 e. The molecule has 1 amide bonds. The van der Waals surface area contributed by atoms with Gasteiger partial charge in [0, 0.05) is 17.2 Å².